The van der Waals surface area contributed by atoms with Gasteiger partial charge in [0.05, 0.1) is 4.47 Å². The second-order valence-electron chi connectivity index (χ2n) is 5.63. The zero-order chi connectivity index (χ0) is 19.6. The van der Waals surface area contributed by atoms with Crippen molar-refractivity contribution >= 4 is 39.1 Å². The zero-order valence-electron chi connectivity index (χ0n) is 14.3. The van der Waals surface area contributed by atoms with Crippen molar-refractivity contribution in [2.75, 3.05) is 5.32 Å². The van der Waals surface area contributed by atoms with Crippen molar-refractivity contribution < 1.29 is 13.9 Å². The van der Waals surface area contributed by atoms with Crippen LogP contribution in [0.2, 0.25) is 5.02 Å². The number of nitrogens with zero attached hydrogens (tertiary/aromatic N) is 4. The van der Waals surface area contributed by atoms with Crippen LogP contribution in [-0.2, 0) is 4.79 Å². The number of benzene rings is 2. The Morgan fingerprint density at radius 3 is 2.78 bits per heavy atom. The molecular weight excluding hydrogens is 441 g/mol. The van der Waals surface area contributed by atoms with Gasteiger partial charge in [-0.3, -0.25) is 4.79 Å². The fourth-order valence-electron chi connectivity index (χ4n) is 2.27. The van der Waals surface area contributed by atoms with Gasteiger partial charge in [0, 0.05) is 10.7 Å². The Kier molecular flexibility index (Phi) is 5.71. The number of ether oxygens (including phenoxy) is 1. The average Bonchev–Trinajstić information content (AvgIpc) is 3.04. The van der Waals surface area contributed by atoms with E-state index in [0.29, 0.717) is 26.8 Å². The van der Waals surface area contributed by atoms with Crippen molar-refractivity contribution in [2.24, 2.45) is 0 Å². The van der Waals surface area contributed by atoms with Gasteiger partial charge in [0.1, 0.15) is 17.3 Å². The molecule has 0 fully saturated rings. The van der Waals surface area contributed by atoms with Gasteiger partial charge in [-0.15, -0.1) is 5.10 Å². The van der Waals surface area contributed by atoms with Gasteiger partial charge in [-0.25, -0.2) is 4.39 Å². The largest absolute Gasteiger partial charge is 0.480 e. The molecule has 0 aliphatic heterocycles. The number of halogens is 3. The summed E-state index contributed by atoms with van der Waals surface area (Å²) < 4.78 is 21.6. The van der Waals surface area contributed by atoms with E-state index in [2.05, 4.69) is 36.8 Å². The van der Waals surface area contributed by atoms with Crippen LogP contribution in [0.3, 0.4) is 0 Å². The van der Waals surface area contributed by atoms with Crippen LogP contribution >= 0.6 is 27.5 Å². The van der Waals surface area contributed by atoms with Crippen LogP contribution in [0.4, 0.5) is 10.1 Å². The third kappa shape index (κ3) is 4.42. The molecule has 0 spiro atoms. The molecule has 1 heterocycles. The summed E-state index contributed by atoms with van der Waals surface area (Å²) in [7, 11) is 0. The number of hydrogen-bond acceptors (Lipinski definition) is 5. The second kappa shape index (κ2) is 8.01. The van der Waals surface area contributed by atoms with Gasteiger partial charge >= 0.3 is 0 Å². The summed E-state index contributed by atoms with van der Waals surface area (Å²) >= 11 is 9.23. The highest BCUT2D eigenvalue weighted by atomic mass is 79.9. The van der Waals surface area contributed by atoms with Crippen molar-refractivity contribution in [2.45, 2.75) is 20.0 Å². The van der Waals surface area contributed by atoms with Gasteiger partial charge in [-0.05, 0) is 76.6 Å². The normalized spacial score (nSPS) is 11.9. The molecule has 0 aliphatic rings. The first kappa shape index (κ1) is 19.2. The number of amides is 1. The van der Waals surface area contributed by atoms with E-state index in [1.807, 2.05) is 0 Å². The summed E-state index contributed by atoms with van der Waals surface area (Å²) in [4.78, 5) is 12.4. The second-order valence-corrected chi connectivity index (χ2v) is 6.92. The van der Waals surface area contributed by atoms with E-state index in [4.69, 9.17) is 16.3 Å². The molecule has 0 aliphatic carbocycles. The standard InChI is InChI=1S/C17H14BrClFN5O2/c1-9(27-16-6-3-11(19)7-13(16)18)17(26)21-12-4-5-14(20)15(8-12)25-10(2)22-23-24-25/h3-9H,1-2H3,(H,21,26). The van der Waals surface area contributed by atoms with Crippen molar-refractivity contribution in [3.63, 3.8) is 0 Å². The molecule has 1 atom stereocenters. The zero-order valence-corrected chi connectivity index (χ0v) is 16.6. The third-order valence-corrected chi connectivity index (χ3v) is 4.49. The van der Waals surface area contributed by atoms with Crippen molar-refractivity contribution in [1.82, 2.24) is 20.2 Å². The molecule has 0 saturated carbocycles. The number of tetrazole rings is 1. The molecule has 2 aromatic carbocycles. The van der Waals surface area contributed by atoms with E-state index in [0.717, 1.165) is 0 Å². The van der Waals surface area contributed by atoms with Gasteiger partial charge < -0.3 is 10.1 Å². The predicted molar refractivity (Wildman–Crippen MR) is 102 cm³/mol. The SMILES string of the molecule is Cc1nnnn1-c1cc(NC(=O)C(C)Oc2ccc(Cl)cc2Br)ccc1F. The lowest BCUT2D eigenvalue weighted by Crippen LogP contribution is -2.30. The van der Waals surface area contributed by atoms with E-state index in [9.17, 15) is 9.18 Å². The van der Waals surface area contributed by atoms with Gasteiger partial charge in [-0.1, -0.05) is 11.6 Å². The lowest BCUT2D eigenvalue weighted by molar-refractivity contribution is -0.122. The number of rotatable bonds is 5. The molecule has 0 radical (unpaired) electrons. The number of aromatic nitrogens is 4. The summed E-state index contributed by atoms with van der Waals surface area (Å²) in [5, 5.41) is 14.2. The fourth-order valence-corrected chi connectivity index (χ4v) is 3.04. The minimum Gasteiger partial charge on any atom is -0.480 e. The Morgan fingerprint density at radius 1 is 1.33 bits per heavy atom. The molecule has 0 bridgehead atoms. The van der Waals surface area contributed by atoms with Crippen molar-refractivity contribution in [1.29, 1.82) is 0 Å². The predicted octanol–water partition coefficient (Wildman–Crippen LogP) is 3.93. The molecular formula is C17H14BrClFN5O2. The number of aryl methyl sites for hydroxylation is 1. The monoisotopic (exact) mass is 453 g/mol. The highest BCUT2D eigenvalue weighted by Crippen LogP contribution is 2.29. The third-order valence-electron chi connectivity index (χ3n) is 3.63. The Labute approximate surface area is 167 Å². The molecule has 7 nitrogen and oxygen atoms in total. The molecule has 3 rings (SSSR count). The maximum atomic E-state index is 14.1. The van der Waals surface area contributed by atoms with Crippen LogP contribution in [-0.4, -0.2) is 32.2 Å². The average molecular weight is 455 g/mol. The Morgan fingerprint density at radius 2 is 2.11 bits per heavy atom. The van der Waals surface area contributed by atoms with Crippen molar-refractivity contribution in [3.05, 3.63) is 57.5 Å². The highest BCUT2D eigenvalue weighted by Gasteiger charge is 2.18. The molecule has 3 aromatic rings. The topological polar surface area (TPSA) is 81.9 Å². The number of carbonyl (C=O) groups excluding carboxylic acids is 1. The maximum Gasteiger partial charge on any atom is 0.265 e. The van der Waals surface area contributed by atoms with Crippen LogP contribution in [0, 0.1) is 12.7 Å². The first-order valence-electron chi connectivity index (χ1n) is 7.82. The summed E-state index contributed by atoms with van der Waals surface area (Å²) in [5.41, 5.74) is 0.515. The van der Waals surface area contributed by atoms with Crippen LogP contribution in [0.15, 0.2) is 40.9 Å². The van der Waals surface area contributed by atoms with Crippen LogP contribution in [0.1, 0.15) is 12.7 Å². The first-order chi connectivity index (χ1) is 12.8. The molecule has 140 valence electrons. The number of carbonyl (C=O) groups is 1. The minimum atomic E-state index is -0.800. The Hall–Kier alpha value is -2.52. The van der Waals surface area contributed by atoms with Gasteiger partial charge in [0.15, 0.2) is 11.9 Å². The van der Waals surface area contributed by atoms with E-state index in [1.54, 1.807) is 32.0 Å². The summed E-state index contributed by atoms with van der Waals surface area (Å²) in [6, 6.07) is 9.11. The van der Waals surface area contributed by atoms with Crippen LogP contribution in [0.25, 0.3) is 5.69 Å². The summed E-state index contributed by atoms with van der Waals surface area (Å²) in [6.07, 6.45) is -0.800. The lowest BCUT2D eigenvalue weighted by atomic mass is 10.2. The maximum absolute atomic E-state index is 14.1. The number of anilines is 1. The van der Waals surface area contributed by atoms with Crippen LogP contribution in [0.5, 0.6) is 5.75 Å². The Bertz CT molecular complexity index is 997. The highest BCUT2D eigenvalue weighted by molar-refractivity contribution is 9.10. The van der Waals surface area contributed by atoms with Gasteiger partial charge in [-0.2, -0.15) is 4.68 Å². The molecule has 1 unspecified atom stereocenters. The number of nitrogens with one attached hydrogen (secondary N) is 1. The molecule has 0 saturated heterocycles. The van der Waals surface area contributed by atoms with Crippen molar-refractivity contribution in [3.8, 4) is 11.4 Å². The molecule has 1 amide bonds. The molecule has 1 N–H and O–H groups in total. The van der Waals surface area contributed by atoms with Gasteiger partial charge in [0.2, 0.25) is 0 Å². The van der Waals surface area contributed by atoms with E-state index in [1.165, 1.54) is 22.9 Å². The lowest BCUT2D eigenvalue weighted by Gasteiger charge is -2.16. The molecule has 1 aromatic heterocycles. The van der Waals surface area contributed by atoms with E-state index < -0.39 is 17.8 Å². The Balaban J connectivity index is 1.75. The summed E-state index contributed by atoms with van der Waals surface area (Å²) in [5.74, 6) is -0.0199. The number of hydrogen-bond donors (Lipinski definition) is 1. The smallest absolute Gasteiger partial charge is 0.265 e. The fraction of sp³-hybridized carbons (Fsp3) is 0.176. The molecule has 10 heteroatoms. The minimum absolute atomic E-state index is 0.129. The van der Waals surface area contributed by atoms with Gasteiger partial charge in [0.25, 0.3) is 5.91 Å². The van der Waals surface area contributed by atoms with E-state index in [-0.39, 0.29) is 5.69 Å². The summed E-state index contributed by atoms with van der Waals surface area (Å²) in [6.45, 7) is 3.25. The first-order valence-corrected chi connectivity index (χ1v) is 8.99. The molecule has 27 heavy (non-hydrogen) atoms. The quantitative estimate of drug-likeness (QED) is 0.632. The van der Waals surface area contributed by atoms with Crippen LogP contribution < -0.4 is 10.1 Å². The van der Waals surface area contributed by atoms with E-state index >= 15 is 0 Å².